The molecule has 0 saturated carbocycles. The molecule has 0 bridgehead atoms. The third-order valence-corrected chi connectivity index (χ3v) is 3.15. The number of hydrogen-bond donors (Lipinski definition) is 2. The number of halogens is 4. The minimum atomic E-state index is -4.67. The van der Waals surface area contributed by atoms with Crippen molar-refractivity contribution < 1.29 is 32.6 Å². The van der Waals surface area contributed by atoms with E-state index < -0.39 is 35.7 Å². The molecule has 0 spiro atoms. The van der Waals surface area contributed by atoms with E-state index in [9.17, 15) is 27.5 Å². The van der Waals surface area contributed by atoms with Gasteiger partial charge >= 0.3 is 12.1 Å². The summed E-state index contributed by atoms with van der Waals surface area (Å²) in [6.45, 7) is -0.140. The Labute approximate surface area is 111 Å². The molecular weight excluding hydrogens is 282 g/mol. The lowest BCUT2D eigenvalue weighted by atomic mass is 10.1. The number of aliphatic hydroxyl groups excluding tert-OH is 1. The molecule has 1 heterocycles. The maximum absolute atomic E-state index is 13.8. The molecule has 0 aromatic heterocycles. The van der Waals surface area contributed by atoms with Crippen molar-refractivity contribution in [1.29, 1.82) is 0 Å². The number of carboxylic acid groups (broad SMARTS) is 1. The first-order chi connectivity index (χ1) is 9.20. The van der Waals surface area contributed by atoms with Gasteiger partial charge in [0.15, 0.2) is 0 Å². The summed E-state index contributed by atoms with van der Waals surface area (Å²) in [5.74, 6) is -2.43. The molecule has 2 atom stereocenters. The summed E-state index contributed by atoms with van der Waals surface area (Å²) < 4.78 is 51.1. The van der Waals surface area contributed by atoms with E-state index in [0.717, 1.165) is 11.0 Å². The highest BCUT2D eigenvalue weighted by Crippen LogP contribution is 2.34. The lowest BCUT2D eigenvalue weighted by molar-refractivity contribution is -0.139. The van der Waals surface area contributed by atoms with Crippen LogP contribution in [-0.2, 0) is 11.0 Å². The number of aliphatic hydroxyl groups is 1. The molecule has 1 fully saturated rings. The van der Waals surface area contributed by atoms with E-state index in [4.69, 9.17) is 5.11 Å². The number of β-amino-alcohol motifs (C(OH)–C–C–N with tert-alkyl or cyclic N) is 1. The summed E-state index contributed by atoms with van der Waals surface area (Å²) in [5, 5.41) is 18.4. The number of hydrogen-bond acceptors (Lipinski definition) is 3. The molecular formula is C12H11F4NO3. The first kappa shape index (κ1) is 14.6. The standard InChI is InChI=1S/C12H11F4NO3/c13-8-3-6(12(14,15)16)1-2-9(8)17-5-7(18)4-10(17)11(19)20/h1-3,7,10,18H,4-5H2,(H,19,20). The van der Waals surface area contributed by atoms with E-state index in [2.05, 4.69) is 0 Å². The summed E-state index contributed by atoms with van der Waals surface area (Å²) in [7, 11) is 0. The Morgan fingerprint density at radius 1 is 1.35 bits per heavy atom. The topological polar surface area (TPSA) is 60.8 Å². The molecule has 2 unspecified atom stereocenters. The highest BCUT2D eigenvalue weighted by molar-refractivity contribution is 5.79. The smallest absolute Gasteiger partial charge is 0.416 e. The number of alkyl halides is 3. The highest BCUT2D eigenvalue weighted by atomic mass is 19.4. The van der Waals surface area contributed by atoms with Crippen molar-refractivity contribution >= 4 is 11.7 Å². The van der Waals surface area contributed by atoms with E-state index in [1.165, 1.54) is 0 Å². The highest BCUT2D eigenvalue weighted by Gasteiger charge is 2.38. The average Bonchev–Trinajstić information content (AvgIpc) is 2.70. The lowest BCUT2D eigenvalue weighted by Gasteiger charge is -2.24. The van der Waals surface area contributed by atoms with Gasteiger partial charge < -0.3 is 15.1 Å². The molecule has 2 rings (SSSR count). The van der Waals surface area contributed by atoms with Gasteiger partial charge in [0.1, 0.15) is 11.9 Å². The second-order valence-electron chi connectivity index (χ2n) is 4.56. The van der Waals surface area contributed by atoms with E-state index in [0.29, 0.717) is 12.1 Å². The summed E-state index contributed by atoms with van der Waals surface area (Å²) in [5.41, 5.74) is -1.41. The molecule has 1 aromatic carbocycles. The van der Waals surface area contributed by atoms with E-state index in [1.807, 2.05) is 0 Å². The Bertz CT molecular complexity index is 532. The molecule has 0 aliphatic carbocycles. The molecule has 0 radical (unpaired) electrons. The first-order valence-electron chi connectivity index (χ1n) is 5.74. The zero-order valence-corrected chi connectivity index (χ0v) is 10.1. The fourth-order valence-corrected chi connectivity index (χ4v) is 2.23. The quantitative estimate of drug-likeness (QED) is 0.817. The van der Waals surface area contributed by atoms with Crippen LogP contribution in [0, 0.1) is 5.82 Å². The number of rotatable bonds is 2. The van der Waals surface area contributed by atoms with Crippen molar-refractivity contribution in [1.82, 2.24) is 0 Å². The SMILES string of the molecule is O=C(O)C1CC(O)CN1c1ccc(C(F)(F)F)cc1F. The van der Waals surface area contributed by atoms with Crippen LogP contribution >= 0.6 is 0 Å². The largest absolute Gasteiger partial charge is 0.480 e. The molecule has 1 aliphatic heterocycles. The zero-order chi connectivity index (χ0) is 15.1. The maximum Gasteiger partial charge on any atom is 0.416 e. The van der Waals surface area contributed by atoms with Crippen LogP contribution in [0.2, 0.25) is 0 Å². The molecule has 2 N–H and O–H groups in total. The van der Waals surface area contributed by atoms with Crippen LogP contribution in [-0.4, -0.2) is 34.9 Å². The summed E-state index contributed by atoms with van der Waals surface area (Å²) in [4.78, 5) is 12.1. The van der Waals surface area contributed by atoms with Crippen molar-refractivity contribution in [2.75, 3.05) is 11.4 Å². The van der Waals surface area contributed by atoms with Crippen molar-refractivity contribution in [3.05, 3.63) is 29.6 Å². The molecule has 1 aliphatic rings. The van der Waals surface area contributed by atoms with Crippen LogP contribution < -0.4 is 4.90 Å². The number of nitrogens with zero attached hydrogens (tertiary/aromatic N) is 1. The second kappa shape index (κ2) is 4.93. The maximum atomic E-state index is 13.8. The van der Waals surface area contributed by atoms with Gasteiger partial charge in [-0.3, -0.25) is 0 Å². The third kappa shape index (κ3) is 2.69. The summed E-state index contributed by atoms with van der Waals surface area (Å²) in [6.07, 6.45) is -5.73. The third-order valence-electron chi connectivity index (χ3n) is 3.15. The Morgan fingerprint density at radius 3 is 2.50 bits per heavy atom. The van der Waals surface area contributed by atoms with E-state index in [1.54, 1.807) is 0 Å². The minimum absolute atomic E-state index is 0.101. The normalized spacial score (nSPS) is 23.1. The van der Waals surface area contributed by atoms with Gasteiger partial charge in [-0.15, -0.1) is 0 Å². The lowest BCUT2D eigenvalue weighted by Crippen LogP contribution is -2.36. The van der Waals surface area contributed by atoms with Gasteiger partial charge in [0.05, 0.1) is 17.4 Å². The van der Waals surface area contributed by atoms with Crippen molar-refractivity contribution in [2.45, 2.75) is 24.7 Å². The number of anilines is 1. The van der Waals surface area contributed by atoms with E-state index >= 15 is 0 Å². The van der Waals surface area contributed by atoms with Gasteiger partial charge in [-0.05, 0) is 18.2 Å². The Kier molecular flexibility index (Phi) is 3.59. The monoisotopic (exact) mass is 293 g/mol. The van der Waals surface area contributed by atoms with Crippen molar-refractivity contribution in [3.8, 4) is 0 Å². The minimum Gasteiger partial charge on any atom is -0.480 e. The molecule has 1 saturated heterocycles. The van der Waals surface area contributed by atoms with Crippen molar-refractivity contribution in [2.24, 2.45) is 0 Å². The van der Waals surface area contributed by atoms with Crippen LogP contribution in [0.3, 0.4) is 0 Å². The molecule has 4 nitrogen and oxygen atoms in total. The number of carbonyl (C=O) groups is 1. The summed E-state index contributed by atoms with van der Waals surface area (Å²) >= 11 is 0. The van der Waals surface area contributed by atoms with Gasteiger partial charge in [-0.1, -0.05) is 0 Å². The van der Waals surface area contributed by atoms with Crippen LogP contribution in [0.4, 0.5) is 23.2 Å². The molecule has 1 aromatic rings. The van der Waals surface area contributed by atoms with E-state index in [-0.39, 0.29) is 18.7 Å². The second-order valence-corrected chi connectivity index (χ2v) is 4.56. The predicted molar refractivity (Wildman–Crippen MR) is 60.8 cm³/mol. The number of benzene rings is 1. The van der Waals surface area contributed by atoms with Gasteiger partial charge in [0.2, 0.25) is 0 Å². The Hall–Kier alpha value is -1.83. The number of carboxylic acids is 1. The summed E-state index contributed by atoms with van der Waals surface area (Å²) in [6, 6.07) is 0.726. The zero-order valence-electron chi connectivity index (χ0n) is 10.1. The van der Waals surface area contributed by atoms with Crippen LogP contribution in [0.15, 0.2) is 18.2 Å². The van der Waals surface area contributed by atoms with Crippen LogP contribution in [0.25, 0.3) is 0 Å². The molecule has 20 heavy (non-hydrogen) atoms. The van der Waals surface area contributed by atoms with Gasteiger partial charge in [-0.25, -0.2) is 9.18 Å². The van der Waals surface area contributed by atoms with Gasteiger partial charge in [0.25, 0.3) is 0 Å². The molecule has 110 valence electrons. The fraction of sp³-hybridized carbons (Fsp3) is 0.417. The number of aliphatic carboxylic acids is 1. The van der Waals surface area contributed by atoms with Gasteiger partial charge in [0, 0.05) is 13.0 Å². The Morgan fingerprint density at radius 2 is 2.00 bits per heavy atom. The fourth-order valence-electron chi connectivity index (χ4n) is 2.23. The predicted octanol–water partition coefficient (Wildman–Crippen LogP) is 1.87. The average molecular weight is 293 g/mol. The van der Waals surface area contributed by atoms with Crippen molar-refractivity contribution in [3.63, 3.8) is 0 Å². The first-order valence-corrected chi connectivity index (χ1v) is 5.74. The van der Waals surface area contributed by atoms with Crippen LogP contribution in [0.1, 0.15) is 12.0 Å². The van der Waals surface area contributed by atoms with Crippen LogP contribution in [0.5, 0.6) is 0 Å². The Balaban J connectivity index is 2.36. The molecule has 8 heteroatoms. The molecule has 0 amide bonds. The van der Waals surface area contributed by atoms with Gasteiger partial charge in [-0.2, -0.15) is 13.2 Å².